The molecule has 0 aromatic carbocycles. The molecule has 1 aliphatic rings. The smallest absolute Gasteiger partial charge is 0.406 e. The van der Waals surface area contributed by atoms with E-state index in [9.17, 15) is 13.2 Å². The minimum atomic E-state index is -4.41. The van der Waals surface area contributed by atoms with Crippen molar-refractivity contribution in [3.05, 3.63) is 60.0 Å². The summed E-state index contributed by atoms with van der Waals surface area (Å²) in [5.41, 5.74) is 1.67. The molecule has 1 fully saturated rings. The molecule has 0 spiro atoms. The number of alkyl halides is 3. The first-order valence-electron chi connectivity index (χ1n) is 12.4. The first kappa shape index (κ1) is 28.3. The lowest BCUT2D eigenvalue weighted by Crippen LogP contribution is -2.40. The number of likely N-dealkylation sites (tertiary alicyclic amines) is 1. The predicted octanol–water partition coefficient (Wildman–Crippen LogP) is 4.13. The van der Waals surface area contributed by atoms with Gasteiger partial charge in [-0.2, -0.15) is 13.2 Å². The van der Waals surface area contributed by atoms with E-state index in [2.05, 4.69) is 51.0 Å². The largest absolute Gasteiger partial charge is 0.495 e. The molecule has 10 heteroatoms. The maximum atomic E-state index is 13.4. The molecule has 2 aromatic heterocycles. The lowest BCUT2D eigenvalue weighted by Gasteiger charge is -2.29. The van der Waals surface area contributed by atoms with Crippen LogP contribution in [0.2, 0.25) is 0 Å². The molecule has 0 radical (unpaired) electrons. The van der Waals surface area contributed by atoms with Gasteiger partial charge < -0.3 is 24.8 Å². The van der Waals surface area contributed by atoms with Crippen LogP contribution in [0.5, 0.6) is 0 Å². The van der Waals surface area contributed by atoms with Crippen molar-refractivity contribution in [3.63, 3.8) is 0 Å². The molecule has 0 atom stereocenters. The van der Waals surface area contributed by atoms with Gasteiger partial charge in [0.1, 0.15) is 18.1 Å². The first-order chi connectivity index (χ1) is 17.7. The molecule has 7 nitrogen and oxygen atoms in total. The number of hydrogen-bond donors (Lipinski definition) is 2. The van der Waals surface area contributed by atoms with Crippen molar-refractivity contribution in [2.75, 3.05) is 33.8 Å². The van der Waals surface area contributed by atoms with Gasteiger partial charge >= 0.3 is 6.18 Å². The van der Waals surface area contributed by atoms with Crippen LogP contribution < -0.4 is 10.6 Å². The van der Waals surface area contributed by atoms with E-state index in [0.717, 1.165) is 36.9 Å². The number of halogens is 3. The Labute approximate surface area is 216 Å². The Bertz CT molecular complexity index is 1180. The highest BCUT2D eigenvalue weighted by atomic mass is 19.4. The number of rotatable bonds is 10. The molecule has 1 aliphatic heterocycles. The number of piperidine rings is 1. The van der Waals surface area contributed by atoms with Gasteiger partial charge in [-0.05, 0) is 63.5 Å². The molecular formula is C27H35F3N6O. The fourth-order valence-electron chi connectivity index (χ4n) is 4.17. The molecule has 3 heterocycles. The minimum Gasteiger partial charge on any atom is -0.495 e. The molecule has 0 bridgehead atoms. The van der Waals surface area contributed by atoms with Crippen LogP contribution in [0.3, 0.4) is 0 Å². The second-order valence-electron chi connectivity index (χ2n) is 8.90. The molecule has 2 N–H and O–H groups in total. The standard InChI is InChI=1S/C27H35F3N6O/c1-5-8-22(25(37-4)9-6-2)31-13-7-10-21-16-23-24(36(21)19-27(28,29)30)17-33-26(34-23)18-32-20-11-14-35(3)15-12-20/h5,8-9,16-17,20,31-32H,1,6,11-15,18-19H2,2-4H3/b22-8+,25-9+. The number of nitrogens with zero attached hydrogens (tertiary/aromatic N) is 4. The SMILES string of the molecule is C=C/C=C(NCC#Cc1cc2nc(CNC3CCN(C)CC3)ncc2n1CC(F)(F)F)\C(=C/CC)OC. The summed E-state index contributed by atoms with van der Waals surface area (Å²) in [5.74, 6) is 6.97. The second-order valence-corrected chi connectivity index (χ2v) is 8.90. The second kappa shape index (κ2) is 13.3. The van der Waals surface area contributed by atoms with Crippen LogP contribution in [-0.4, -0.2) is 65.4 Å². The number of fused-ring (bicyclic) bond motifs is 1. The summed E-state index contributed by atoms with van der Waals surface area (Å²) in [6, 6.07) is 1.97. The van der Waals surface area contributed by atoms with E-state index in [1.807, 2.05) is 13.0 Å². The van der Waals surface area contributed by atoms with Gasteiger partial charge in [-0.1, -0.05) is 25.5 Å². The number of hydrogen-bond acceptors (Lipinski definition) is 6. The van der Waals surface area contributed by atoms with E-state index in [-0.39, 0.29) is 12.2 Å². The van der Waals surface area contributed by atoms with Crippen LogP contribution in [0, 0.1) is 11.8 Å². The van der Waals surface area contributed by atoms with Gasteiger partial charge in [0.15, 0.2) is 0 Å². The molecule has 1 saturated heterocycles. The highest BCUT2D eigenvalue weighted by Gasteiger charge is 2.30. The number of ether oxygens (including phenoxy) is 1. The van der Waals surface area contributed by atoms with Crippen LogP contribution >= 0.6 is 0 Å². The van der Waals surface area contributed by atoms with Crippen LogP contribution in [-0.2, 0) is 17.8 Å². The fourth-order valence-corrected chi connectivity index (χ4v) is 4.17. The van der Waals surface area contributed by atoms with E-state index in [0.29, 0.717) is 40.9 Å². The maximum Gasteiger partial charge on any atom is 0.406 e. The molecule has 3 rings (SSSR count). The van der Waals surface area contributed by atoms with Crippen molar-refractivity contribution >= 4 is 11.0 Å². The summed E-state index contributed by atoms with van der Waals surface area (Å²) in [6.45, 7) is 7.26. The third kappa shape index (κ3) is 8.37. The van der Waals surface area contributed by atoms with Crippen LogP contribution in [0.25, 0.3) is 11.0 Å². The van der Waals surface area contributed by atoms with Crippen molar-refractivity contribution in [2.24, 2.45) is 0 Å². The predicted molar refractivity (Wildman–Crippen MR) is 139 cm³/mol. The zero-order valence-electron chi connectivity index (χ0n) is 21.7. The highest BCUT2D eigenvalue weighted by Crippen LogP contribution is 2.24. The van der Waals surface area contributed by atoms with Gasteiger partial charge in [-0.3, -0.25) is 0 Å². The Morgan fingerprint density at radius 2 is 2.08 bits per heavy atom. The normalized spacial score (nSPS) is 15.9. The van der Waals surface area contributed by atoms with Crippen molar-refractivity contribution in [2.45, 2.75) is 51.5 Å². The zero-order valence-corrected chi connectivity index (χ0v) is 21.7. The van der Waals surface area contributed by atoms with E-state index < -0.39 is 12.7 Å². The van der Waals surface area contributed by atoms with E-state index in [4.69, 9.17) is 4.74 Å². The van der Waals surface area contributed by atoms with Gasteiger partial charge in [0, 0.05) is 6.04 Å². The zero-order chi connectivity index (χ0) is 26.8. The Hall–Kier alpha value is -3.29. The lowest BCUT2D eigenvalue weighted by atomic mass is 10.1. The number of aromatic nitrogens is 3. The average molecular weight is 517 g/mol. The van der Waals surface area contributed by atoms with E-state index in [1.165, 1.54) is 6.20 Å². The van der Waals surface area contributed by atoms with E-state index >= 15 is 0 Å². The average Bonchev–Trinajstić information content (AvgIpc) is 3.19. The molecule has 0 amide bonds. The Morgan fingerprint density at radius 3 is 2.73 bits per heavy atom. The summed E-state index contributed by atoms with van der Waals surface area (Å²) in [4.78, 5) is 11.1. The third-order valence-corrected chi connectivity index (χ3v) is 6.05. The third-order valence-electron chi connectivity index (χ3n) is 6.05. The highest BCUT2D eigenvalue weighted by molar-refractivity contribution is 5.77. The molecule has 0 unspecified atom stereocenters. The summed E-state index contributed by atoms with van der Waals surface area (Å²) >= 11 is 0. The molecular weight excluding hydrogens is 481 g/mol. The van der Waals surface area contributed by atoms with E-state index in [1.54, 1.807) is 25.3 Å². The van der Waals surface area contributed by atoms with Crippen LogP contribution in [0.1, 0.15) is 37.7 Å². The molecule has 200 valence electrons. The Balaban J connectivity index is 1.78. The summed E-state index contributed by atoms with van der Waals surface area (Å²) in [7, 11) is 3.67. The van der Waals surface area contributed by atoms with Gasteiger partial charge in [0.05, 0.1) is 48.8 Å². The summed E-state index contributed by atoms with van der Waals surface area (Å²) in [5, 5.41) is 6.61. The summed E-state index contributed by atoms with van der Waals surface area (Å²) < 4.78 is 46.6. The van der Waals surface area contributed by atoms with Crippen molar-refractivity contribution < 1.29 is 17.9 Å². The monoisotopic (exact) mass is 516 g/mol. The quantitative estimate of drug-likeness (QED) is 0.281. The minimum absolute atomic E-state index is 0.203. The topological polar surface area (TPSA) is 67.2 Å². The molecule has 0 aliphatic carbocycles. The fraction of sp³-hybridized carbons (Fsp3) is 0.481. The summed E-state index contributed by atoms with van der Waals surface area (Å²) in [6.07, 6.45) is 5.19. The van der Waals surface area contributed by atoms with Crippen LogP contribution in [0.15, 0.2) is 48.5 Å². The molecule has 37 heavy (non-hydrogen) atoms. The van der Waals surface area contributed by atoms with Crippen molar-refractivity contribution in [1.82, 2.24) is 30.1 Å². The Kier molecular flexibility index (Phi) is 10.2. The first-order valence-corrected chi connectivity index (χ1v) is 12.4. The maximum absolute atomic E-state index is 13.4. The number of allylic oxidation sites excluding steroid dienone is 3. The van der Waals surface area contributed by atoms with Crippen molar-refractivity contribution in [1.29, 1.82) is 0 Å². The number of nitrogens with one attached hydrogen (secondary N) is 2. The van der Waals surface area contributed by atoms with Crippen LogP contribution in [0.4, 0.5) is 13.2 Å². The van der Waals surface area contributed by atoms with Gasteiger partial charge in [0.2, 0.25) is 0 Å². The number of methoxy groups -OCH3 is 1. The van der Waals surface area contributed by atoms with Gasteiger partial charge in [0.25, 0.3) is 0 Å². The Morgan fingerprint density at radius 1 is 1.32 bits per heavy atom. The molecule has 0 saturated carbocycles. The lowest BCUT2D eigenvalue weighted by molar-refractivity contribution is -0.140. The molecule has 2 aromatic rings. The van der Waals surface area contributed by atoms with Crippen molar-refractivity contribution in [3.8, 4) is 11.8 Å². The van der Waals surface area contributed by atoms with Gasteiger partial charge in [-0.25, -0.2) is 9.97 Å². The van der Waals surface area contributed by atoms with Gasteiger partial charge in [-0.15, -0.1) is 0 Å².